The van der Waals surface area contributed by atoms with Crippen LogP contribution in [-0.2, 0) is 27.9 Å². The molecule has 0 rings (SSSR count). The van der Waals surface area contributed by atoms with Gasteiger partial charge in [0, 0.05) is 12.8 Å². The van der Waals surface area contributed by atoms with Crippen LogP contribution in [0.15, 0.2) is 72.9 Å². The van der Waals surface area contributed by atoms with Crippen molar-refractivity contribution in [2.24, 2.45) is 0 Å². The van der Waals surface area contributed by atoms with E-state index < -0.39 is 20.0 Å². The number of amides is 1. The fourth-order valence-electron chi connectivity index (χ4n) is 8.85. The summed E-state index contributed by atoms with van der Waals surface area (Å²) < 4.78 is 30.7. The molecule has 2 N–H and O–H groups in total. The molecular formula is C65H120N2O7P+. The van der Waals surface area contributed by atoms with Crippen molar-refractivity contribution in [1.29, 1.82) is 0 Å². The van der Waals surface area contributed by atoms with Crippen LogP contribution < -0.4 is 5.32 Å². The first-order chi connectivity index (χ1) is 36.4. The third-order valence-corrected chi connectivity index (χ3v) is 14.6. The highest BCUT2D eigenvalue weighted by Crippen LogP contribution is 2.43. The van der Waals surface area contributed by atoms with Crippen LogP contribution >= 0.6 is 7.82 Å². The summed E-state index contributed by atoms with van der Waals surface area (Å²) in [6.45, 7) is 6.90. The quantitative estimate of drug-likeness (QED) is 0.0205. The van der Waals surface area contributed by atoms with Gasteiger partial charge in [0.25, 0.3) is 0 Å². The minimum Gasteiger partial charge on any atom is -0.456 e. The van der Waals surface area contributed by atoms with Crippen LogP contribution in [0.5, 0.6) is 0 Å². The predicted octanol–water partition coefficient (Wildman–Crippen LogP) is 19.2. The standard InChI is InChI=1S/C65H119N2O7P/c1-7-10-13-16-19-22-25-27-28-29-30-31-32-33-34-35-36-37-38-40-43-45-48-51-54-57-64(68)66-62(61-73-75(70,71)72-60-59-67(4,5)6)63(56-53-50-47-44-42-39-26-23-20-17-14-11-8-2)74-65(69)58-55-52-49-46-41-24-21-18-15-12-9-3/h10,13,19,22,27-28,30-31,33-34,53,56,62-63H,7-9,11-12,14-18,20-21,23-26,29,32,35-52,54-55,57-61H2,1-6H3,(H-,66,68,70,71)/p+1/b13-10-,22-19-,28-27-,31-30-,34-33-,56-53+. The zero-order chi connectivity index (χ0) is 55.0. The summed E-state index contributed by atoms with van der Waals surface area (Å²) >= 11 is 0. The number of hydrogen-bond acceptors (Lipinski definition) is 6. The molecule has 436 valence electrons. The fourth-order valence-corrected chi connectivity index (χ4v) is 9.59. The summed E-state index contributed by atoms with van der Waals surface area (Å²) in [5.74, 6) is -0.508. The monoisotopic (exact) mass is 1070 g/mol. The number of carbonyl (C=O) groups excluding carboxylic acids is 2. The molecule has 0 saturated carbocycles. The van der Waals surface area contributed by atoms with Crippen LogP contribution in [0.25, 0.3) is 0 Å². The molecule has 0 aliphatic rings. The summed E-state index contributed by atoms with van der Waals surface area (Å²) in [5, 5.41) is 3.05. The number of allylic oxidation sites excluding steroid dienone is 11. The van der Waals surface area contributed by atoms with Gasteiger partial charge >= 0.3 is 13.8 Å². The first-order valence-electron chi connectivity index (χ1n) is 31.3. The van der Waals surface area contributed by atoms with Gasteiger partial charge in [0.1, 0.15) is 19.3 Å². The van der Waals surface area contributed by atoms with E-state index in [0.717, 1.165) is 103 Å². The lowest BCUT2D eigenvalue weighted by Gasteiger charge is -2.27. The molecule has 9 nitrogen and oxygen atoms in total. The maximum Gasteiger partial charge on any atom is 0.472 e. The van der Waals surface area contributed by atoms with Gasteiger partial charge in [-0.1, -0.05) is 261 Å². The van der Waals surface area contributed by atoms with Crippen LogP contribution in [0, 0.1) is 0 Å². The molecule has 0 bridgehead atoms. The number of nitrogens with zero attached hydrogens (tertiary/aromatic N) is 1. The molecule has 0 radical (unpaired) electrons. The minimum absolute atomic E-state index is 0.0380. The Balaban J connectivity index is 5.14. The molecule has 0 aliphatic carbocycles. The first kappa shape index (κ1) is 72.5. The highest BCUT2D eigenvalue weighted by molar-refractivity contribution is 7.47. The summed E-state index contributed by atoms with van der Waals surface area (Å²) in [6.07, 6.45) is 70.4. The summed E-state index contributed by atoms with van der Waals surface area (Å²) in [6, 6.07) is -0.851. The second kappa shape index (κ2) is 54.8. The molecule has 0 aromatic carbocycles. The van der Waals surface area contributed by atoms with E-state index in [1.165, 1.54) is 141 Å². The first-order valence-corrected chi connectivity index (χ1v) is 32.8. The van der Waals surface area contributed by atoms with Crippen LogP contribution in [0.4, 0.5) is 0 Å². The van der Waals surface area contributed by atoms with E-state index in [4.69, 9.17) is 13.8 Å². The molecule has 10 heteroatoms. The lowest BCUT2D eigenvalue weighted by atomic mass is 10.0. The molecule has 3 atom stereocenters. The Bertz CT molecular complexity index is 1510. The van der Waals surface area contributed by atoms with Crippen molar-refractivity contribution in [3.8, 4) is 0 Å². The van der Waals surface area contributed by atoms with E-state index in [9.17, 15) is 19.0 Å². The average molecular weight is 1070 g/mol. The van der Waals surface area contributed by atoms with Gasteiger partial charge in [-0.05, 0) is 76.7 Å². The van der Waals surface area contributed by atoms with Gasteiger partial charge in [0.15, 0.2) is 0 Å². The van der Waals surface area contributed by atoms with E-state index in [0.29, 0.717) is 23.9 Å². The fraction of sp³-hybridized carbons (Fsp3) is 0.785. The topological polar surface area (TPSA) is 111 Å². The Labute approximate surface area is 463 Å². The Morgan fingerprint density at radius 1 is 0.480 bits per heavy atom. The zero-order valence-corrected chi connectivity index (χ0v) is 50.7. The van der Waals surface area contributed by atoms with Gasteiger partial charge in [0.2, 0.25) is 5.91 Å². The zero-order valence-electron chi connectivity index (χ0n) is 49.8. The van der Waals surface area contributed by atoms with E-state index >= 15 is 0 Å². The molecule has 0 saturated heterocycles. The maximum absolute atomic E-state index is 13.5. The number of phosphoric acid groups is 1. The molecule has 0 heterocycles. The van der Waals surface area contributed by atoms with E-state index in [1.807, 2.05) is 33.3 Å². The number of likely N-dealkylation sites (N-methyl/N-ethyl adjacent to an activating group) is 1. The third kappa shape index (κ3) is 56.0. The molecule has 0 aromatic heterocycles. The van der Waals surface area contributed by atoms with Gasteiger partial charge in [-0.25, -0.2) is 4.57 Å². The van der Waals surface area contributed by atoms with Gasteiger partial charge in [-0.2, -0.15) is 0 Å². The molecule has 0 fully saturated rings. The minimum atomic E-state index is -4.45. The Morgan fingerprint density at radius 3 is 1.28 bits per heavy atom. The number of quaternary nitrogens is 1. The van der Waals surface area contributed by atoms with Crippen LogP contribution in [-0.4, -0.2) is 74.3 Å². The number of nitrogens with one attached hydrogen (secondary N) is 1. The molecule has 75 heavy (non-hydrogen) atoms. The molecule has 1 amide bonds. The van der Waals surface area contributed by atoms with Gasteiger partial charge in [0.05, 0.1) is 33.8 Å². The number of hydrogen-bond donors (Lipinski definition) is 2. The maximum atomic E-state index is 13.5. The van der Waals surface area contributed by atoms with Crippen LogP contribution in [0.1, 0.15) is 278 Å². The van der Waals surface area contributed by atoms with E-state index in [-0.39, 0.29) is 25.1 Å². The lowest BCUT2D eigenvalue weighted by molar-refractivity contribution is -0.870. The van der Waals surface area contributed by atoms with Crippen molar-refractivity contribution in [3.05, 3.63) is 72.9 Å². The van der Waals surface area contributed by atoms with Crippen molar-refractivity contribution < 1.29 is 37.3 Å². The number of esters is 1. The largest absolute Gasteiger partial charge is 0.472 e. The van der Waals surface area contributed by atoms with E-state index in [2.05, 4.69) is 86.8 Å². The number of unbranched alkanes of at least 4 members (excludes halogenated alkanes) is 30. The van der Waals surface area contributed by atoms with Crippen molar-refractivity contribution in [1.82, 2.24) is 5.32 Å². The van der Waals surface area contributed by atoms with Crippen molar-refractivity contribution in [3.63, 3.8) is 0 Å². The van der Waals surface area contributed by atoms with Crippen molar-refractivity contribution >= 4 is 19.7 Å². The third-order valence-electron chi connectivity index (χ3n) is 13.7. The highest BCUT2D eigenvalue weighted by atomic mass is 31.2. The molecule has 3 unspecified atom stereocenters. The molecule has 0 aromatic rings. The Kier molecular flexibility index (Phi) is 52.9. The van der Waals surface area contributed by atoms with Gasteiger partial charge in [-0.3, -0.25) is 18.6 Å². The Morgan fingerprint density at radius 2 is 0.853 bits per heavy atom. The predicted molar refractivity (Wildman–Crippen MR) is 323 cm³/mol. The van der Waals surface area contributed by atoms with Gasteiger partial charge in [-0.15, -0.1) is 0 Å². The van der Waals surface area contributed by atoms with Crippen molar-refractivity contribution in [2.75, 3.05) is 40.9 Å². The number of rotatable bonds is 56. The molecular weight excluding hydrogens is 952 g/mol. The second-order valence-corrected chi connectivity index (χ2v) is 23.7. The van der Waals surface area contributed by atoms with E-state index in [1.54, 1.807) is 0 Å². The highest BCUT2D eigenvalue weighted by Gasteiger charge is 2.30. The van der Waals surface area contributed by atoms with Crippen LogP contribution in [0.3, 0.4) is 0 Å². The molecule has 0 spiro atoms. The summed E-state index contributed by atoms with van der Waals surface area (Å²) in [7, 11) is 1.49. The second-order valence-electron chi connectivity index (χ2n) is 22.2. The van der Waals surface area contributed by atoms with Crippen molar-refractivity contribution in [2.45, 2.75) is 290 Å². The number of carbonyl (C=O) groups is 2. The average Bonchev–Trinajstić information content (AvgIpc) is 3.37. The number of ether oxygens (including phenoxy) is 1. The SMILES string of the molecule is CC/C=C\C/C=C\C/C=C\C/C=C\C/C=C\CCCCCCCCCCCC(=O)NC(COP(=O)(O)OCC[N+](C)(C)C)C(/C=C/CCCCCCCCCCCCC)OC(=O)CCCCCCCCCCCCC. The number of phosphoric ester groups is 1. The van der Waals surface area contributed by atoms with Gasteiger partial charge < -0.3 is 19.4 Å². The molecule has 0 aliphatic heterocycles. The Hall–Kier alpha value is -2.55. The smallest absolute Gasteiger partial charge is 0.456 e. The van der Waals surface area contributed by atoms with Crippen LogP contribution in [0.2, 0.25) is 0 Å². The lowest BCUT2D eigenvalue weighted by Crippen LogP contribution is -2.47. The summed E-state index contributed by atoms with van der Waals surface area (Å²) in [4.78, 5) is 37.7. The normalized spacial score (nSPS) is 14.2. The summed E-state index contributed by atoms with van der Waals surface area (Å²) in [5.41, 5.74) is 0.